The number of aliphatic carboxylic acids is 1. The number of rotatable bonds is 12. The van der Waals surface area contributed by atoms with Gasteiger partial charge in [0.1, 0.15) is 22.4 Å². The number of carbonyl (C=O) groups excluding carboxylic acids is 3. The number of nitrogens with zero attached hydrogens (tertiary/aromatic N) is 8. The first-order valence-corrected chi connectivity index (χ1v) is 15.6. The number of fused-ring (bicyclic) bond motifs is 1. The van der Waals surface area contributed by atoms with Crippen molar-refractivity contribution in [3.05, 3.63) is 18.5 Å². The minimum Gasteiger partial charge on any atom is -0.481 e. The van der Waals surface area contributed by atoms with Crippen molar-refractivity contribution in [3.63, 3.8) is 0 Å². The van der Waals surface area contributed by atoms with Crippen LogP contribution in [0, 0.1) is 5.41 Å². The number of oxime groups is 1. The van der Waals surface area contributed by atoms with Crippen LogP contribution < -0.4 is 11.1 Å². The summed E-state index contributed by atoms with van der Waals surface area (Å²) in [5, 5.41) is 27.9. The Balaban J connectivity index is 1.43. The van der Waals surface area contributed by atoms with Crippen LogP contribution in [-0.4, -0.2) is 110 Å². The van der Waals surface area contributed by atoms with E-state index in [1.165, 1.54) is 40.0 Å². The molecule has 2 aromatic rings. The maximum Gasteiger partial charge on any atom is 0.350 e. The maximum absolute atomic E-state index is 13.3. The van der Waals surface area contributed by atoms with Crippen LogP contribution >= 0.6 is 35.1 Å². The van der Waals surface area contributed by atoms with Crippen molar-refractivity contribution in [2.24, 2.45) is 10.6 Å². The SMILES string of the molecule is C=CCn1nnnc1SCC1(C(=O)O)CS[C@@H]2C(NC(=O)C(=NOC(C)C(=O)OC(C)(C)C)c3nsc(N)n3)C(=O)N2C1. The Hall–Kier alpha value is -3.78. The van der Waals surface area contributed by atoms with Crippen LogP contribution in [-0.2, 0) is 35.3 Å². The second-order valence-corrected chi connectivity index (χ2v) is 13.4. The Bertz CT molecular complexity index is 1440. The first-order chi connectivity index (χ1) is 20.2. The lowest BCUT2D eigenvalue weighted by Crippen LogP contribution is -2.74. The van der Waals surface area contributed by atoms with Crippen molar-refractivity contribution >= 4 is 69.7 Å². The lowest BCUT2D eigenvalue weighted by atomic mass is 9.89. The Morgan fingerprint density at radius 1 is 1.40 bits per heavy atom. The summed E-state index contributed by atoms with van der Waals surface area (Å²) in [5.41, 5.74) is 3.24. The molecule has 232 valence electrons. The van der Waals surface area contributed by atoms with Crippen molar-refractivity contribution in [3.8, 4) is 0 Å². The van der Waals surface area contributed by atoms with E-state index in [-0.39, 0.29) is 29.0 Å². The summed E-state index contributed by atoms with van der Waals surface area (Å²) in [6, 6.07) is -0.971. The van der Waals surface area contributed by atoms with E-state index in [0.29, 0.717) is 11.7 Å². The molecule has 20 heteroatoms. The zero-order valence-corrected chi connectivity index (χ0v) is 26.1. The number of nitrogens with one attached hydrogen (secondary N) is 1. The standard InChI is InChI=1S/C23H30N10O7S3/c1-6-7-33-21(27-30-31-33)42-10-23(19(37)38)8-32-16(35)13(17(32)41-9-23)25-15(34)12(14-26-20(24)43-29-14)28-40-11(2)18(36)39-22(3,4)5/h6,11,13,17H,1,7-10H2,2-5H3,(H,25,34)(H,37,38)(H2,24,26,29)/t11?,13?,17-,23?/m1/s1. The molecular formula is C23H30N10O7S3. The second-order valence-electron chi connectivity index (χ2n) is 10.6. The van der Waals surface area contributed by atoms with Crippen molar-refractivity contribution < 1.29 is 33.9 Å². The summed E-state index contributed by atoms with van der Waals surface area (Å²) in [6.07, 6.45) is 0.446. The molecule has 4 atom stereocenters. The number of carboxylic acids is 1. The highest BCUT2D eigenvalue weighted by molar-refractivity contribution is 8.00. The lowest BCUT2D eigenvalue weighted by Gasteiger charge is -2.53. The highest BCUT2D eigenvalue weighted by atomic mass is 32.2. The van der Waals surface area contributed by atoms with Crippen molar-refractivity contribution in [1.82, 2.24) is 39.8 Å². The predicted octanol–water partition coefficient (Wildman–Crippen LogP) is 0.00690. The van der Waals surface area contributed by atoms with Crippen LogP contribution in [0.15, 0.2) is 23.0 Å². The topological polar surface area (TPSA) is 230 Å². The number of esters is 1. The van der Waals surface area contributed by atoms with Gasteiger partial charge < -0.3 is 30.6 Å². The Morgan fingerprint density at radius 3 is 2.77 bits per heavy atom. The van der Waals surface area contributed by atoms with Crippen molar-refractivity contribution in [2.45, 2.75) is 62.5 Å². The van der Waals surface area contributed by atoms with E-state index in [4.69, 9.17) is 15.3 Å². The molecule has 2 fully saturated rings. The number of allylic oxidation sites excluding steroid dienone is 1. The largest absolute Gasteiger partial charge is 0.481 e. The number of carbonyl (C=O) groups is 4. The van der Waals surface area contributed by atoms with Crippen LogP contribution in [0.3, 0.4) is 0 Å². The van der Waals surface area contributed by atoms with Crippen LogP contribution in [0.5, 0.6) is 0 Å². The fourth-order valence-electron chi connectivity index (χ4n) is 3.93. The Kier molecular flexibility index (Phi) is 9.60. The predicted molar refractivity (Wildman–Crippen MR) is 156 cm³/mol. The van der Waals surface area contributed by atoms with Gasteiger partial charge in [-0.05, 0) is 38.1 Å². The van der Waals surface area contributed by atoms with Gasteiger partial charge in [0.15, 0.2) is 5.13 Å². The fourth-order valence-corrected chi connectivity index (χ4v) is 7.11. The number of thioether (sulfide) groups is 2. The number of nitrogens with two attached hydrogens (primary N) is 1. The Labute approximate surface area is 258 Å². The number of ether oxygens (including phenoxy) is 1. The number of anilines is 1. The minimum absolute atomic E-state index is 0.0610. The summed E-state index contributed by atoms with van der Waals surface area (Å²) >= 11 is 3.23. The molecule has 0 saturated carbocycles. The summed E-state index contributed by atoms with van der Waals surface area (Å²) in [7, 11) is 0. The van der Waals surface area contributed by atoms with Crippen LogP contribution in [0.25, 0.3) is 0 Å². The van der Waals surface area contributed by atoms with Gasteiger partial charge in [-0.25, -0.2) is 9.48 Å². The molecule has 0 radical (unpaired) electrons. The van der Waals surface area contributed by atoms with Gasteiger partial charge in [0.2, 0.25) is 28.7 Å². The average Bonchev–Trinajstić information content (AvgIpc) is 3.58. The summed E-state index contributed by atoms with van der Waals surface area (Å²) < 4.78 is 10.8. The number of tetrazole rings is 1. The molecule has 0 aliphatic carbocycles. The maximum atomic E-state index is 13.3. The quantitative estimate of drug-likeness (QED) is 0.0683. The van der Waals surface area contributed by atoms with Gasteiger partial charge >= 0.3 is 11.9 Å². The number of carboxylic acid groups (broad SMARTS) is 1. The molecule has 0 spiro atoms. The van der Waals surface area contributed by atoms with Crippen LogP contribution in [0.1, 0.15) is 33.5 Å². The third-order valence-corrected chi connectivity index (χ3v) is 9.45. The first kappa shape index (κ1) is 32.1. The van der Waals surface area contributed by atoms with Gasteiger partial charge in [-0.2, -0.15) is 9.36 Å². The van der Waals surface area contributed by atoms with Gasteiger partial charge in [-0.3, -0.25) is 14.4 Å². The van der Waals surface area contributed by atoms with Gasteiger partial charge in [0.05, 0.1) is 6.54 Å². The van der Waals surface area contributed by atoms with E-state index < -0.39 is 58.0 Å². The third-order valence-electron chi connectivity index (χ3n) is 6.07. The molecule has 2 amide bonds. The molecule has 2 aromatic heterocycles. The molecular weight excluding hydrogens is 625 g/mol. The van der Waals surface area contributed by atoms with Crippen molar-refractivity contribution in [2.75, 3.05) is 23.8 Å². The van der Waals surface area contributed by atoms with E-state index in [1.54, 1.807) is 26.8 Å². The molecule has 4 rings (SSSR count). The smallest absolute Gasteiger partial charge is 0.350 e. The molecule has 2 saturated heterocycles. The zero-order chi connectivity index (χ0) is 31.5. The molecule has 2 aliphatic heterocycles. The van der Waals surface area contributed by atoms with Gasteiger partial charge in [0, 0.05) is 29.6 Å². The molecule has 0 bridgehead atoms. The highest BCUT2D eigenvalue weighted by Gasteiger charge is 2.57. The van der Waals surface area contributed by atoms with E-state index >= 15 is 0 Å². The van der Waals surface area contributed by atoms with Crippen molar-refractivity contribution in [1.29, 1.82) is 0 Å². The monoisotopic (exact) mass is 654 g/mol. The third kappa shape index (κ3) is 7.24. The van der Waals surface area contributed by atoms with E-state index in [2.05, 4.69) is 41.9 Å². The molecule has 3 unspecified atom stereocenters. The van der Waals surface area contributed by atoms with E-state index in [1.807, 2.05) is 0 Å². The van der Waals surface area contributed by atoms with Crippen LogP contribution in [0.4, 0.5) is 5.13 Å². The first-order valence-electron chi connectivity index (χ1n) is 12.8. The van der Waals surface area contributed by atoms with Gasteiger partial charge in [-0.15, -0.1) is 23.4 Å². The zero-order valence-electron chi connectivity index (χ0n) is 23.6. The minimum atomic E-state index is -1.28. The summed E-state index contributed by atoms with van der Waals surface area (Å²) in [6.45, 7) is 10.4. The fraction of sp³-hybridized carbons (Fsp3) is 0.565. The molecule has 0 aromatic carbocycles. The highest BCUT2D eigenvalue weighted by Crippen LogP contribution is 2.44. The normalized spacial score (nSPS) is 22.7. The second kappa shape index (κ2) is 12.8. The number of nitrogen functional groups attached to an aromatic ring is 1. The average molecular weight is 655 g/mol. The number of amides is 2. The van der Waals surface area contributed by atoms with Gasteiger partial charge in [0.25, 0.3) is 5.91 Å². The van der Waals surface area contributed by atoms with E-state index in [0.717, 1.165) is 11.5 Å². The molecule has 17 nitrogen and oxygen atoms in total. The number of hydrogen-bond donors (Lipinski definition) is 3. The molecule has 4 heterocycles. The Morgan fingerprint density at radius 2 is 2.14 bits per heavy atom. The van der Waals surface area contributed by atoms with E-state index in [9.17, 15) is 24.3 Å². The summed E-state index contributed by atoms with van der Waals surface area (Å²) in [4.78, 5) is 61.7. The lowest BCUT2D eigenvalue weighted by molar-refractivity contribution is -0.167. The molecule has 2 aliphatic rings. The summed E-state index contributed by atoms with van der Waals surface area (Å²) in [5.74, 6) is -2.95. The van der Waals surface area contributed by atoms with Gasteiger partial charge in [-0.1, -0.05) is 23.0 Å². The van der Waals surface area contributed by atoms with Crippen LogP contribution in [0.2, 0.25) is 0 Å². The number of hydrogen-bond acceptors (Lipinski definition) is 16. The number of aromatic nitrogens is 6. The number of β-lactam (4-membered cyclic amide) rings is 1. The molecule has 4 N–H and O–H groups in total. The molecule has 43 heavy (non-hydrogen) atoms.